The smallest absolute Gasteiger partial charge is 0.321 e. The first-order valence-electron chi connectivity index (χ1n) is 5.49. The first-order chi connectivity index (χ1) is 7.88. The first kappa shape index (κ1) is 10.7. The molecule has 4 nitrogen and oxygen atoms in total. The van der Waals surface area contributed by atoms with Crippen LogP contribution in [0.2, 0.25) is 0 Å². The molecule has 16 heavy (non-hydrogen) atoms. The molecule has 1 N–H and O–H groups in total. The van der Waals surface area contributed by atoms with Gasteiger partial charge in [-0.15, -0.1) is 0 Å². The van der Waals surface area contributed by atoms with Crippen LogP contribution in [0.15, 0.2) is 34.9 Å². The first-order valence-corrected chi connectivity index (χ1v) is 5.49. The van der Waals surface area contributed by atoms with Crippen molar-refractivity contribution in [1.82, 2.24) is 10.1 Å². The Bertz CT molecular complexity index is 425. The van der Waals surface area contributed by atoms with E-state index in [-0.39, 0.29) is 0 Å². The van der Waals surface area contributed by atoms with Crippen molar-refractivity contribution in [3.63, 3.8) is 0 Å². The number of aromatic nitrogens is 2. The third kappa shape index (κ3) is 2.82. The Morgan fingerprint density at radius 3 is 2.81 bits per heavy atom. The average Bonchev–Trinajstić information content (AvgIpc) is 2.75. The molecule has 0 atom stereocenters. The summed E-state index contributed by atoms with van der Waals surface area (Å²) >= 11 is 0. The minimum absolute atomic E-state index is 0.507. The zero-order valence-electron chi connectivity index (χ0n) is 9.31. The van der Waals surface area contributed by atoms with Crippen LogP contribution in [-0.4, -0.2) is 16.7 Å². The van der Waals surface area contributed by atoms with Gasteiger partial charge in [0.15, 0.2) is 5.82 Å². The minimum atomic E-state index is 0.507. The molecule has 1 heterocycles. The molecule has 0 saturated heterocycles. The lowest BCUT2D eigenvalue weighted by Gasteiger charge is -1.95. The third-order valence-electron chi connectivity index (χ3n) is 2.20. The summed E-state index contributed by atoms with van der Waals surface area (Å²) < 4.78 is 5.07. The molecule has 1 aromatic carbocycles. The van der Waals surface area contributed by atoms with Gasteiger partial charge in [-0.25, -0.2) is 0 Å². The summed E-state index contributed by atoms with van der Waals surface area (Å²) in [7, 11) is 0. The molecule has 0 radical (unpaired) electrons. The Labute approximate surface area is 94.7 Å². The number of nitrogens with zero attached hydrogens (tertiary/aromatic N) is 2. The second kappa shape index (κ2) is 5.30. The lowest BCUT2D eigenvalue weighted by atomic mass is 10.1. The van der Waals surface area contributed by atoms with Crippen molar-refractivity contribution in [2.24, 2.45) is 0 Å². The monoisotopic (exact) mass is 217 g/mol. The van der Waals surface area contributed by atoms with Crippen molar-refractivity contribution in [2.75, 3.05) is 11.9 Å². The molecule has 0 aliphatic heterocycles. The van der Waals surface area contributed by atoms with E-state index >= 15 is 0 Å². The fourth-order valence-corrected chi connectivity index (χ4v) is 1.41. The van der Waals surface area contributed by atoms with Crippen LogP contribution in [0.3, 0.4) is 0 Å². The van der Waals surface area contributed by atoms with Crippen LogP contribution in [0, 0.1) is 0 Å². The van der Waals surface area contributed by atoms with Crippen LogP contribution in [0.25, 0.3) is 0 Å². The van der Waals surface area contributed by atoms with E-state index in [0.717, 1.165) is 13.0 Å². The topological polar surface area (TPSA) is 51.0 Å². The van der Waals surface area contributed by atoms with Gasteiger partial charge in [-0.3, -0.25) is 0 Å². The van der Waals surface area contributed by atoms with Gasteiger partial charge in [0.25, 0.3) is 0 Å². The quantitative estimate of drug-likeness (QED) is 0.836. The van der Waals surface area contributed by atoms with Gasteiger partial charge in [-0.1, -0.05) is 42.4 Å². The average molecular weight is 217 g/mol. The van der Waals surface area contributed by atoms with E-state index in [2.05, 4.69) is 34.5 Å². The van der Waals surface area contributed by atoms with Crippen LogP contribution in [0.4, 0.5) is 6.01 Å². The van der Waals surface area contributed by atoms with E-state index < -0.39 is 0 Å². The molecule has 0 bridgehead atoms. The van der Waals surface area contributed by atoms with E-state index in [4.69, 9.17) is 4.52 Å². The van der Waals surface area contributed by atoms with Crippen molar-refractivity contribution in [1.29, 1.82) is 0 Å². The predicted molar refractivity (Wildman–Crippen MR) is 62.3 cm³/mol. The van der Waals surface area contributed by atoms with Crippen LogP contribution >= 0.6 is 0 Å². The summed E-state index contributed by atoms with van der Waals surface area (Å²) in [6.45, 7) is 2.95. The third-order valence-corrected chi connectivity index (χ3v) is 2.20. The van der Waals surface area contributed by atoms with E-state index in [1.165, 1.54) is 5.56 Å². The molecule has 0 aliphatic carbocycles. The Morgan fingerprint density at radius 2 is 2.06 bits per heavy atom. The lowest BCUT2D eigenvalue weighted by Crippen LogP contribution is -1.99. The van der Waals surface area contributed by atoms with Crippen LogP contribution < -0.4 is 5.32 Å². The van der Waals surface area contributed by atoms with Crippen molar-refractivity contribution < 1.29 is 4.52 Å². The zero-order valence-corrected chi connectivity index (χ0v) is 9.31. The summed E-state index contributed by atoms with van der Waals surface area (Å²) in [5.41, 5.74) is 1.19. The molecule has 2 aromatic rings. The van der Waals surface area contributed by atoms with Gasteiger partial charge in [0.1, 0.15) is 0 Å². The predicted octanol–water partition coefficient (Wildman–Crippen LogP) is 2.48. The van der Waals surface area contributed by atoms with Gasteiger partial charge < -0.3 is 9.84 Å². The minimum Gasteiger partial charge on any atom is -0.338 e. The maximum atomic E-state index is 5.07. The SMILES string of the molecule is CCCNc1nc(Cc2ccccc2)no1. The normalized spacial score (nSPS) is 10.3. The van der Waals surface area contributed by atoms with Gasteiger partial charge in [-0.05, 0) is 12.0 Å². The largest absolute Gasteiger partial charge is 0.338 e. The van der Waals surface area contributed by atoms with Crippen molar-refractivity contribution in [3.05, 3.63) is 41.7 Å². The number of anilines is 1. The fourth-order valence-electron chi connectivity index (χ4n) is 1.41. The standard InChI is InChI=1S/C12H15N3O/c1-2-8-13-12-14-11(15-16-12)9-10-6-4-3-5-7-10/h3-7H,2,8-9H2,1H3,(H,13,14,15). The highest BCUT2D eigenvalue weighted by Crippen LogP contribution is 2.08. The Morgan fingerprint density at radius 1 is 1.25 bits per heavy atom. The van der Waals surface area contributed by atoms with Gasteiger partial charge in [0, 0.05) is 13.0 Å². The van der Waals surface area contributed by atoms with Crippen molar-refractivity contribution in [3.8, 4) is 0 Å². The number of hydrogen-bond donors (Lipinski definition) is 1. The molecular formula is C12H15N3O. The van der Waals surface area contributed by atoms with E-state index in [1.807, 2.05) is 18.2 Å². The van der Waals surface area contributed by atoms with Gasteiger partial charge in [0.2, 0.25) is 0 Å². The molecule has 0 amide bonds. The Hall–Kier alpha value is -1.84. The van der Waals surface area contributed by atoms with Crippen LogP contribution in [0.1, 0.15) is 24.7 Å². The van der Waals surface area contributed by atoms with E-state index in [1.54, 1.807) is 0 Å². The van der Waals surface area contributed by atoms with Crippen LogP contribution in [0.5, 0.6) is 0 Å². The zero-order chi connectivity index (χ0) is 11.2. The molecule has 0 unspecified atom stereocenters. The number of rotatable bonds is 5. The van der Waals surface area contributed by atoms with Gasteiger partial charge in [-0.2, -0.15) is 4.98 Å². The molecule has 4 heteroatoms. The van der Waals surface area contributed by atoms with Crippen molar-refractivity contribution in [2.45, 2.75) is 19.8 Å². The highest BCUT2D eigenvalue weighted by molar-refractivity contribution is 5.22. The fraction of sp³-hybridized carbons (Fsp3) is 0.333. The molecule has 0 fully saturated rings. The molecule has 0 spiro atoms. The molecule has 0 saturated carbocycles. The summed E-state index contributed by atoms with van der Waals surface area (Å²) in [5.74, 6) is 0.713. The maximum absolute atomic E-state index is 5.07. The summed E-state index contributed by atoms with van der Waals surface area (Å²) in [5, 5.41) is 6.98. The number of nitrogens with one attached hydrogen (secondary N) is 1. The maximum Gasteiger partial charge on any atom is 0.321 e. The number of hydrogen-bond acceptors (Lipinski definition) is 4. The highest BCUT2D eigenvalue weighted by atomic mass is 16.5. The molecule has 0 aliphatic rings. The molecular weight excluding hydrogens is 202 g/mol. The van der Waals surface area contributed by atoms with E-state index in [9.17, 15) is 0 Å². The summed E-state index contributed by atoms with van der Waals surface area (Å²) in [6.07, 6.45) is 1.74. The highest BCUT2D eigenvalue weighted by Gasteiger charge is 2.05. The Kier molecular flexibility index (Phi) is 3.53. The van der Waals surface area contributed by atoms with Crippen LogP contribution in [-0.2, 0) is 6.42 Å². The molecule has 84 valence electrons. The summed E-state index contributed by atoms with van der Waals surface area (Å²) in [4.78, 5) is 4.25. The van der Waals surface area contributed by atoms with Gasteiger partial charge in [0.05, 0.1) is 0 Å². The lowest BCUT2D eigenvalue weighted by molar-refractivity contribution is 0.423. The molecule has 1 aromatic heterocycles. The number of benzene rings is 1. The second-order valence-corrected chi connectivity index (χ2v) is 3.60. The Balaban J connectivity index is 1.97. The van der Waals surface area contributed by atoms with Crippen molar-refractivity contribution >= 4 is 6.01 Å². The second-order valence-electron chi connectivity index (χ2n) is 3.60. The molecule has 2 rings (SSSR count). The summed E-state index contributed by atoms with van der Waals surface area (Å²) in [6, 6.07) is 10.6. The van der Waals surface area contributed by atoms with Gasteiger partial charge >= 0.3 is 6.01 Å². The van der Waals surface area contributed by atoms with E-state index in [0.29, 0.717) is 18.3 Å².